The van der Waals surface area contributed by atoms with E-state index in [9.17, 15) is 0 Å². The number of rotatable bonds is 5. The van der Waals surface area contributed by atoms with Crippen molar-refractivity contribution >= 4 is 0 Å². The Bertz CT molecular complexity index is 123. The van der Waals surface area contributed by atoms with Gasteiger partial charge in [-0.1, -0.05) is 13.3 Å². The van der Waals surface area contributed by atoms with E-state index in [1.165, 1.54) is 0 Å². The second-order valence-corrected chi connectivity index (χ2v) is 3.38. The molecule has 6 heteroatoms. The van der Waals surface area contributed by atoms with Crippen LogP contribution in [0.5, 0.6) is 0 Å². The number of hydrogen-bond acceptors (Lipinski definition) is 6. The average Bonchev–Trinajstić information content (AvgIpc) is 2.04. The Hall–Kier alpha value is -0.240. The van der Waals surface area contributed by atoms with Crippen LogP contribution in [-0.4, -0.2) is 24.4 Å². The molecule has 0 heterocycles. The maximum absolute atomic E-state index is 5.77. The van der Waals surface area contributed by atoms with Crippen LogP contribution in [0.1, 0.15) is 13.3 Å². The Balaban J connectivity index is 4.31. The SMILES string of the molecule is CCC(C(N)C(N)N)C(N)C(N)N. The van der Waals surface area contributed by atoms with E-state index in [1.807, 2.05) is 6.92 Å². The molecule has 0 radical (unpaired) electrons. The van der Waals surface area contributed by atoms with Crippen molar-refractivity contribution in [2.45, 2.75) is 37.8 Å². The summed E-state index contributed by atoms with van der Waals surface area (Å²) in [7, 11) is 0. The molecular weight excluding hydrogens is 168 g/mol. The van der Waals surface area contributed by atoms with Crippen molar-refractivity contribution in [2.75, 3.05) is 0 Å². The molecule has 2 atom stereocenters. The molecular formula is C7H22N6. The van der Waals surface area contributed by atoms with Crippen molar-refractivity contribution in [1.29, 1.82) is 0 Å². The summed E-state index contributed by atoms with van der Waals surface area (Å²) in [6, 6.07) is -0.732. The van der Waals surface area contributed by atoms with Crippen LogP contribution in [0.3, 0.4) is 0 Å². The molecule has 0 aliphatic carbocycles. The third-order valence-corrected chi connectivity index (χ3v) is 2.35. The molecule has 0 aliphatic heterocycles. The van der Waals surface area contributed by atoms with Gasteiger partial charge in [-0.3, -0.25) is 0 Å². The highest BCUT2D eigenvalue weighted by Gasteiger charge is 2.28. The van der Waals surface area contributed by atoms with Crippen LogP contribution in [0.2, 0.25) is 0 Å². The van der Waals surface area contributed by atoms with Crippen LogP contribution in [0.25, 0.3) is 0 Å². The van der Waals surface area contributed by atoms with Crippen LogP contribution in [0.15, 0.2) is 0 Å². The van der Waals surface area contributed by atoms with Gasteiger partial charge in [0.2, 0.25) is 0 Å². The lowest BCUT2D eigenvalue weighted by atomic mass is 9.87. The van der Waals surface area contributed by atoms with Crippen molar-refractivity contribution in [3.8, 4) is 0 Å². The number of nitrogens with two attached hydrogens (primary N) is 6. The van der Waals surface area contributed by atoms with Gasteiger partial charge in [-0.2, -0.15) is 0 Å². The van der Waals surface area contributed by atoms with Gasteiger partial charge in [-0.05, 0) is 5.92 Å². The lowest BCUT2D eigenvalue weighted by molar-refractivity contribution is 0.279. The van der Waals surface area contributed by atoms with Gasteiger partial charge in [0.25, 0.3) is 0 Å². The van der Waals surface area contributed by atoms with Crippen LogP contribution >= 0.6 is 0 Å². The van der Waals surface area contributed by atoms with Crippen molar-refractivity contribution in [3.05, 3.63) is 0 Å². The molecule has 0 aromatic rings. The molecule has 2 unspecified atom stereocenters. The zero-order valence-corrected chi connectivity index (χ0v) is 8.06. The molecule has 6 nitrogen and oxygen atoms in total. The van der Waals surface area contributed by atoms with Crippen LogP contribution in [0, 0.1) is 5.92 Å². The molecule has 0 aromatic heterocycles. The summed E-state index contributed by atoms with van der Waals surface area (Å²) in [6.07, 6.45) is -0.414. The fourth-order valence-electron chi connectivity index (χ4n) is 1.37. The molecule has 0 amide bonds. The molecule has 80 valence electrons. The van der Waals surface area contributed by atoms with Gasteiger partial charge < -0.3 is 34.4 Å². The van der Waals surface area contributed by atoms with E-state index >= 15 is 0 Å². The molecule has 0 rings (SSSR count). The summed E-state index contributed by atoms with van der Waals surface area (Å²) >= 11 is 0. The molecule has 0 aromatic carbocycles. The van der Waals surface area contributed by atoms with Gasteiger partial charge in [-0.15, -0.1) is 0 Å². The molecule has 0 spiro atoms. The normalized spacial score (nSPS) is 19.2. The second-order valence-electron chi connectivity index (χ2n) is 3.38. The first-order valence-corrected chi connectivity index (χ1v) is 4.45. The Morgan fingerprint density at radius 1 is 0.769 bits per heavy atom. The first kappa shape index (κ1) is 12.8. The van der Waals surface area contributed by atoms with Gasteiger partial charge in [0.1, 0.15) is 0 Å². The Morgan fingerprint density at radius 2 is 1.08 bits per heavy atom. The molecule has 0 bridgehead atoms. The van der Waals surface area contributed by atoms with Gasteiger partial charge in [0.15, 0.2) is 0 Å². The minimum absolute atomic E-state index is 0.0417. The highest BCUT2D eigenvalue weighted by molar-refractivity contribution is 4.88. The quantitative estimate of drug-likeness (QED) is 0.256. The summed E-state index contributed by atoms with van der Waals surface area (Å²) in [4.78, 5) is 0. The minimum Gasteiger partial charge on any atom is -0.325 e. The third kappa shape index (κ3) is 3.55. The van der Waals surface area contributed by atoms with Crippen molar-refractivity contribution in [3.63, 3.8) is 0 Å². The summed E-state index contributed by atoms with van der Waals surface area (Å²) < 4.78 is 0. The fourth-order valence-corrected chi connectivity index (χ4v) is 1.37. The van der Waals surface area contributed by atoms with E-state index < -0.39 is 12.3 Å². The van der Waals surface area contributed by atoms with Crippen molar-refractivity contribution in [1.82, 2.24) is 0 Å². The average molecular weight is 190 g/mol. The van der Waals surface area contributed by atoms with E-state index in [0.29, 0.717) is 0 Å². The zero-order valence-electron chi connectivity index (χ0n) is 8.06. The van der Waals surface area contributed by atoms with Gasteiger partial charge in [-0.25, -0.2) is 0 Å². The maximum atomic E-state index is 5.77. The lowest BCUT2D eigenvalue weighted by Gasteiger charge is -2.32. The van der Waals surface area contributed by atoms with E-state index in [1.54, 1.807) is 0 Å². The highest BCUT2D eigenvalue weighted by Crippen LogP contribution is 2.12. The predicted octanol–water partition coefficient (Wildman–Crippen LogP) is -2.85. The van der Waals surface area contributed by atoms with E-state index in [-0.39, 0.29) is 18.0 Å². The molecule has 0 saturated carbocycles. The van der Waals surface area contributed by atoms with Crippen molar-refractivity contribution < 1.29 is 0 Å². The Labute approximate surface area is 79.0 Å². The van der Waals surface area contributed by atoms with Crippen LogP contribution in [-0.2, 0) is 0 Å². The molecule has 13 heavy (non-hydrogen) atoms. The largest absolute Gasteiger partial charge is 0.325 e. The monoisotopic (exact) mass is 190 g/mol. The van der Waals surface area contributed by atoms with Crippen molar-refractivity contribution in [2.24, 2.45) is 40.3 Å². The zero-order chi connectivity index (χ0) is 10.6. The van der Waals surface area contributed by atoms with Gasteiger partial charge >= 0.3 is 0 Å². The molecule has 0 aliphatic rings. The third-order valence-electron chi connectivity index (χ3n) is 2.35. The Kier molecular flexibility index (Phi) is 5.38. The van der Waals surface area contributed by atoms with Gasteiger partial charge in [0.05, 0.1) is 12.3 Å². The Morgan fingerprint density at radius 3 is 1.23 bits per heavy atom. The standard InChI is InChI=1S/C7H22N6/c1-2-3(4(8)6(10)11)5(9)7(12)13/h3-7H,2,8-13H2,1H3. The number of hydrogen-bond donors (Lipinski definition) is 6. The van der Waals surface area contributed by atoms with Crippen LogP contribution < -0.4 is 34.4 Å². The highest BCUT2D eigenvalue weighted by atomic mass is 15.0. The molecule has 0 fully saturated rings. The predicted molar refractivity (Wildman–Crippen MR) is 54.1 cm³/mol. The topological polar surface area (TPSA) is 156 Å². The van der Waals surface area contributed by atoms with E-state index in [2.05, 4.69) is 0 Å². The van der Waals surface area contributed by atoms with Crippen LogP contribution in [0.4, 0.5) is 0 Å². The first-order valence-electron chi connectivity index (χ1n) is 4.45. The van der Waals surface area contributed by atoms with E-state index in [0.717, 1.165) is 6.42 Å². The second kappa shape index (κ2) is 5.48. The summed E-state index contributed by atoms with van der Waals surface area (Å²) in [5.74, 6) is -0.0417. The maximum Gasteiger partial charge on any atom is 0.0680 e. The molecule has 12 N–H and O–H groups in total. The first-order chi connectivity index (χ1) is 5.91. The minimum atomic E-state index is -0.588. The van der Waals surface area contributed by atoms with E-state index in [4.69, 9.17) is 34.4 Å². The summed E-state index contributed by atoms with van der Waals surface area (Å²) in [5.41, 5.74) is 33.4. The smallest absolute Gasteiger partial charge is 0.0680 e. The fraction of sp³-hybridized carbons (Fsp3) is 1.00. The summed E-state index contributed by atoms with van der Waals surface area (Å²) in [6.45, 7) is 1.95. The summed E-state index contributed by atoms with van der Waals surface area (Å²) in [5, 5.41) is 0. The van der Waals surface area contributed by atoms with Gasteiger partial charge in [0, 0.05) is 12.1 Å². The molecule has 0 saturated heterocycles. The lowest BCUT2D eigenvalue weighted by Crippen LogP contribution is -2.61.